The summed E-state index contributed by atoms with van der Waals surface area (Å²) in [6.45, 7) is 4.77. The highest BCUT2D eigenvalue weighted by atomic mass is 32.2. The smallest absolute Gasteiger partial charge is 0.127 e. The van der Waals surface area contributed by atoms with E-state index in [1.165, 1.54) is 4.91 Å². The molecule has 0 aliphatic carbocycles. The van der Waals surface area contributed by atoms with Gasteiger partial charge in [-0.3, -0.25) is 4.84 Å². The summed E-state index contributed by atoms with van der Waals surface area (Å²) in [7, 11) is 0. The van der Waals surface area contributed by atoms with Gasteiger partial charge in [-0.05, 0) is 46.7 Å². The standard InChI is InChI=1S/C15H19NO3S/c1-10(2)15(20-9-19-16)6-11-5-12-7-13(17)3-4-14(12)18-8-11/h3-7,10,17H,8-9,16H2,1-2H3/b15-6-. The lowest BCUT2D eigenvalue weighted by atomic mass is 10.1. The molecule has 4 nitrogen and oxygen atoms in total. The minimum Gasteiger partial charge on any atom is -0.508 e. The molecule has 0 atom stereocenters. The van der Waals surface area contributed by atoms with Crippen LogP contribution in [-0.4, -0.2) is 17.7 Å². The molecule has 0 fully saturated rings. The zero-order valence-electron chi connectivity index (χ0n) is 11.6. The number of benzene rings is 1. The average molecular weight is 293 g/mol. The Morgan fingerprint density at radius 1 is 1.55 bits per heavy atom. The topological polar surface area (TPSA) is 64.7 Å². The van der Waals surface area contributed by atoms with Crippen LogP contribution in [0.2, 0.25) is 0 Å². The number of ether oxygens (including phenoxy) is 1. The van der Waals surface area contributed by atoms with E-state index in [4.69, 9.17) is 10.6 Å². The van der Waals surface area contributed by atoms with E-state index in [-0.39, 0.29) is 5.75 Å². The van der Waals surface area contributed by atoms with E-state index >= 15 is 0 Å². The highest BCUT2D eigenvalue weighted by Gasteiger charge is 2.12. The first-order valence-electron chi connectivity index (χ1n) is 6.42. The Morgan fingerprint density at radius 2 is 2.35 bits per heavy atom. The number of aromatic hydroxyl groups is 1. The number of nitrogens with two attached hydrogens (primary N) is 1. The molecule has 2 rings (SSSR count). The number of allylic oxidation sites excluding steroid dienone is 1. The summed E-state index contributed by atoms with van der Waals surface area (Å²) in [5, 5.41) is 9.53. The van der Waals surface area contributed by atoms with Crippen molar-refractivity contribution in [2.75, 3.05) is 12.5 Å². The highest BCUT2D eigenvalue weighted by Crippen LogP contribution is 2.32. The highest BCUT2D eigenvalue weighted by molar-refractivity contribution is 8.02. The van der Waals surface area contributed by atoms with Crippen LogP contribution in [0.3, 0.4) is 0 Å². The van der Waals surface area contributed by atoms with E-state index in [9.17, 15) is 5.11 Å². The van der Waals surface area contributed by atoms with Gasteiger partial charge in [0.25, 0.3) is 0 Å². The normalized spacial score (nSPS) is 14.8. The molecule has 3 N–H and O–H groups in total. The maximum absolute atomic E-state index is 9.53. The molecule has 0 unspecified atom stereocenters. The molecule has 0 bridgehead atoms. The van der Waals surface area contributed by atoms with Crippen LogP contribution in [0.5, 0.6) is 11.5 Å². The van der Waals surface area contributed by atoms with Crippen molar-refractivity contribution in [2.24, 2.45) is 11.8 Å². The molecule has 1 aliphatic heterocycles. The lowest BCUT2D eigenvalue weighted by Crippen LogP contribution is -2.07. The minimum atomic E-state index is 0.240. The quantitative estimate of drug-likeness (QED) is 0.644. The first-order valence-corrected chi connectivity index (χ1v) is 7.41. The van der Waals surface area contributed by atoms with Gasteiger partial charge in [-0.15, -0.1) is 0 Å². The van der Waals surface area contributed by atoms with Crippen molar-refractivity contribution < 1.29 is 14.7 Å². The van der Waals surface area contributed by atoms with Gasteiger partial charge in [0, 0.05) is 5.56 Å². The first-order chi connectivity index (χ1) is 9.60. The molecule has 0 amide bonds. The second-order valence-corrected chi connectivity index (χ2v) is 5.86. The van der Waals surface area contributed by atoms with Crippen LogP contribution in [0.15, 0.2) is 34.8 Å². The summed E-state index contributed by atoms with van der Waals surface area (Å²) in [5.74, 6) is 6.93. The van der Waals surface area contributed by atoms with E-state index in [0.29, 0.717) is 18.5 Å². The fourth-order valence-corrected chi connectivity index (χ4v) is 2.70. The van der Waals surface area contributed by atoms with E-state index in [2.05, 4.69) is 24.8 Å². The third-order valence-corrected chi connectivity index (χ3v) is 4.10. The number of hydrogen-bond acceptors (Lipinski definition) is 5. The van der Waals surface area contributed by atoms with Gasteiger partial charge in [0.2, 0.25) is 0 Å². The Morgan fingerprint density at radius 3 is 3.05 bits per heavy atom. The number of hydrogen-bond donors (Lipinski definition) is 2. The predicted octanol–water partition coefficient (Wildman–Crippen LogP) is 3.29. The van der Waals surface area contributed by atoms with Crippen LogP contribution >= 0.6 is 11.8 Å². The second-order valence-electron chi connectivity index (χ2n) is 4.86. The maximum Gasteiger partial charge on any atom is 0.127 e. The van der Waals surface area contributed by atoms with E-state index in [1.54, 1.807) is 30.0 Å². The van der Waals surface area contributed by atoms with Gasteiger partial charge < -0.3 is 9.84 Å². The van der Waals surface area contributed by atoms with Crippen LogP contribution in [-0.2, 0) is 4.84 Å². The Labute approximate surface area is 123 Å². The summed E-state index contributed by atoms with van der Waals surface area (Å²) in [5.41, 5.74) is 1.96. The number of thioether (sulfide) groups is 1. The Bertz CT molecular complexity index is 538. The predicted molar refractivity (Wildman–Crippen MR) is 82.2 cm³/mol. The molecule has 0 saturated carbocycles. The molecule has 0 saturated heterocycles. The van der Waals surface area contributed by atoms with Gasteiger partial charge in [-0.25, -0.2) is 5.90 Å². The summed E-state index contributed by atoms with van der Waals surface area (Å²) in [6, 6.07) is 5.11. The van der Waals surface area contributed by atoms with Crippen LogP contribution in [0.4, 0.5) is 0 Å². The van der Waals surface area contributed by atoms with Gasteiger partial charge in [0.15, 0.2) is 0 Å². The van der Waals surface area contributed by atoms with E-state index < -0.39 is 0 Å². The van der Waals surface area contributed by atoms with Crippen LogP contribution < -0.4 is 10.6 Å². The molecule has 1 aliphatic rings. The van der Waals surface area contributed by atoms with Crippen molar-refractivity contribution in [2.45, 2.75) is 13.8 Å². The number of rotatable bonds is 5. The molecule has 108 valence electrons. The van der Waals surface area contributed by atoms with Crippen molar-refractivity contribution in [3.63, 3.8) is 0 Å². The zero-order valence-corrected chi connectivity index (χ0v) is 12.4. The van der Waals surface area contributed by atoms with Gasteiger partial charge in [-0.1, -0.05) is 25.6 Å². The molecule has 1 heterocycles. The molecule has 0 spiro atoms. The Kier molecular flexibility index (Phi) is 5.11. The summed E-state index contributed by atoms with van der Waals surface area (Å²) < 4.78 is 5.69. The summed E-state index contributed by atoms with van der Waals surface area (Å²) in [4.78, 5) is 5.81. The number of fused-ring (bicyclic) bond motifs is 1. The first kappa shape index (κ1) is 15.0. The molecular formula is C15H19NO3S. The van der Waals surface area contributed by atoms with Gasteiger partial charge >= 0.3 is 0 Å². The van der Waals surface area contributed by atoms with Gasteiger partial charge in [0.1, 0.15) is 24.0 Å². The van der Waals surface area contributed by atoms with Crippen molar-refractivity contribution in [3.8, 4) is 11.5 Å². The number of phenolic OH excluding ortho intramolecular Hbond substituents is 1. The second kappa shape index (κ2) is 6.83. The Balaban J connectivity index is 2.24. The molecule has 0 radical (unpaired) electrons. The molecule has 0 aromatic heterocycles. The van der Waals surface area contributed by atoms with Crippen molar-refractivity contribution in [1.82, 2.24) is 0 Å². The summed E-state index contributed by atoms with van der Waals surface area (Å²) >= 11 is 1.58. The Hall–Kier alpha value is -1.43. The van der Waals surface area contributed by atoms with E-state index in [0.717, 1.165) is 16.9 Å². The van der Waals surface area contributed by atoms with Crippen molar-refractivity contribution in [1.29, 1.82) is 0 Å². The third kappa shape index (κ3) is 3.79. The largest absolute Gasteiger partial charge is 0.508 e. The molecule has 5 heteroatoms. The number of phenols is 1. The van der Waals surface area contributed by atoms with Crippen LogP contribution in [0, 0.1) is 5.92 Å². The molecule has 1 aromatic rings. The lowest BCUT2D eigenvalue weighted by Gasteiger charge is -2.18. The van der Waals surface area contributed by atoms with Crippen LogP contribution in [0.1, 0.15) is 19.4 Å². The molecule has 20 heavy (non-hydrogen) atoms. The van der Waals surface area contributed by atoms with Crippen LogP contribution in [0.25, 0.3) is 6.08 Å². The van der Waals surface area contributed by atoms with E-state index in [1.807, 2.05) is 6.08 Å². The zero-order chi connectivity index (χ0) is 14.5. The summed E-state index contributed by atoms with van der Waals surface area (Å²) in [6.07, 6.45) is 4.13. The molecule has 1 aromatic carbocycles. The fourth-order valence-electron chi connectivity index (χ4n) is 1.93. The SMILES string of the molecule is CC(C)/C(=C/C1=Cc2cc(O)ccc2OC1)SCON. The van der Waals surface area contributed by atoms with Gasteiger partial charge in [0.05, 0.1) is 0 Å². The lowest BCUT2D eigenvalue weighted by molar-refractivity contribution is 0.190. The maximum atomic E-state index is 9.53. The van der Waals surface area contributed by atoms with Crippen molar-refractivity contribution >= 4 is 17.8 Å². The fraction of sp³-hybridized carbons (Fsp3) is 0.333. The van der Waals surface area contributed by atoms with Crippen molar-refractivity contribution in [3.05, 3.63) is 40.3 Å². The monoisotopic (exact) mass is 293 g/mol. The van der Waals surface area contributed by atoms with Gasteiger partial charge in [-0.2, -0.15) is 0 Å². The molecular weight excluding hydrogens is 274 g/mol. The third-order valence-electron chi connectivity index (χ3n) is 2.92. The average Bonchev–Trinajstić information content (AvgIpc) is 2.42. The minimum absolute atomic E-state index is 0.240.